The number of hydrogen-bond acceptors (Lipinski definition) is 5. The average Bonchev–Trinajstić information content (AvgIpc) is 2.62. The largest absolute Gasteiger partial charge is 0.493 e. The number of benzene rings is 2. The lowest BCUT2D eigenvalue weighted by Gasteiger charge is -2.15. The zero-order chi connectivity index (χ0) is 19.3. The van der Waals surface area contributed by atoms with E-state index < -0.39 is 0 Å². The van der Waals surface area contributed by atoms with Gasteiger partial charge in [-0.3, -0.25) is 10.1 Å². The summed E-state index contributed by atoms with van der Waals surface area (Å²) in [5, 5.41) is 5.89. The smallest absolute Gasteiger partial charge is 0.257 e. The Hall–Kier alpha value is -2.80. The molecule has 0 aliphatic heterocycles. The molecule has 2 aromatic rings. The Morgan fingerprint density at radius 1 is 0.962 bits per heavy atom. The maximum Gasteiger partial charge on any atom is 0.257 e. The summed E-state index contributed by atoms with van der Waals surface area (Å²) >= 11 is 5.25. The van der Waals surface area contributed by atoms with Gasteiger partial charge in [-0.15, -0.1) is 0 Å². The van der Waals surface area contributed by atoms with Crippen LogP contribution in [0.5, 0.6) is 17.2 Å². The van der Waals surface area contributed by atoms with E-state index in [0.29, 0.717) is 22.8 Å². The average molecular weight is 374 g/mol. The zero-order valence-electron chi connectivity index (χ0n) is 15.4. The van der Waals surface area contributed by atoms with E-state index in [2.05, 4.69) is 10.6 Å². The molecule has 2 rings (SSSR count). The van der Waals surface area contributed by atoms with Crippen molar-refractivity contribution in [1.29, 1.82) is 0 Å². The van der Waals surface area contributed by atoms with Crippen molar-refractivity contribution in [2.75, 3.05) is 26.6 Å². The van der Waals surface area contributed by atoms with E-state index >= 15 is 0 Å². The Balaban J connectivity index is 2.17. The molecule has 7 heteroatoms. The van der Waals surface area contributed by atoms with Gasteiger partial charge < -0.3 is 19.5 Å². The minimum absolute atomic E-state index is 0.204. The highest BCUT2D eigenvalue weighted by molar-refractivity contribution is 7.80. The van der Waals surface area contributed by atoms with Crippen molar-refractivity contribution in [3.05, 3.63) is 47.0 Å². The first-order valence-corrected chi connectivity index (χ1v) is 8.30. The molecule has 0 atom stereocenters. The summed E-state index contributed by atoms with van der Waals surface area (Å²) in [6.45, 7) is 3.99. The van der Waals surface area contributed by atoms with Gasteiger partial charge in [-0.05, 0) is 49.8 Å². The first-order valence-electron chi connectivity index (χ1n) is 7.89. The van der Waals surface area contributed by atoms with Crippen molar-refractivity contribution in [2.45, 2.75) is 13.8 Å². The van der Waals surface area contributed by atoms with E-state index in [4.69, 9.17) is 26.4 Å². The van der Waals surface area contributed by atoms with Crippen LogP contribution >= 0.6 is 12.2 Å². The van der Waals surface area contributed by atoms with Crippen LogP contribution in [0.2, 0.25) is 0 Å². The van der Waals surface area contributed by atoms with Crippen LogP contribution in [0.1, 0.15) is 21.5 Å². The molecule has 0 aliphatic rings. The molecule has 0 radical (unpaired) electrons. The number of thiocarbonyl (C=S) groups is 1. The lowest BCUT2D eigenvalue weighted by molar-refractivity contribution is 0.0977. The van der Waals surface area contributed by atoms with Crippen LogP contribution in [0, 0.1) is 13.8 Å². The van der Waals surface area contributed by atoms with Crippen molar-refractivity contribution in [1.82, 2.24) is 5.32 Å². The molecule has 0 bridgehead atoms. The van der Waals surface area contributed by atoms with Crippen LogP contribution < -0.4 is 24.8 Å². The van der Waals surface area contributed by atoms with Crippen molar-refractivity contribution in [3.63, 3.8) is 0 Å². The monoisotopic (exact) mass is 374 g/mol. The molecular formula is C19H22N2O4S. The number of anilines is 1. The number of carbonyl (C=O) groups excluding carboxylic acids is 1. The molecule has 0 aromatic heterocycles. The Bertz CT molecular complexity index is 811. The van der Waals surface area contributed by atoms with Crippen molar-refractivity contribution in [3.8, 4) is 17.2 Å². The molecule has 26 heavy (non-hydrogen) atoms. The molecule has 0 aliphatic carbocycles. The van der Waals surface area contributed by atoms with E-state index in [1.54, 1.807) is 12.1 Å². The van der Waals surface area contributed by atoms with Crippen molar-refractivity contribution in [2.24, 2.45) is 0 Å². The Kier molecular flexibility index (Phi) is 6.41. The van der Waals surface area contributed by atoms with E-state index in [1.807, 2.05) is 32.0 Å². The second-order valence-corrected chi connectivity index (χ2v) is 6.05. The highest BCUT2D eigenvalue weighted by atomic mass is 32.1. The molecule has 0 fully saturated rings. The van der Waals surface area contributed by atoms with Gasteiger partial charge in [-0.1, -0.05) is 17.7 Å². The lowest BCUT2D eigenvalue weighted by Crippen LogP contribution is -2.34. The molecule has 0 heterocycles. The van der Waals surface area contributed by atoms with Gasteiger partial charge in [0.2, 0.25) is 5.75 Å². The topological polar surface area (TPSA) is 68.8 Å². The van der Waals surface area contributed by atoms with Gasteiger partial charge in [0.25, 0.3) is 5.91 Å². The summed E-state index contributed by atoms with van der Waals surface area (Å²) in [5.41, 5.74) is 3.37. The van der Waals surface area contributed by atoms with Crippen LogP contribution in [0.25, 0.3) is 0 Å². The minimum atomic E-state index is -0.383. The van der Waals surface area contributed by atoms with Crippen LogP contribution in [0.4, 0.5) is 5.69 Å². The number of hydrogen-bond donors (Lipinski definition) is 2. The van der Waals surface area contributed by atoms with Gasteiger partial charge in [-0.2, -0.15) is 0 Å². The first kappa shape index (κ1) is 19.5. The van der Waals surface area contributed by atoms with Gasteiger partial charge in [0, 0.05) is 11.3 Å². The van der Waals surface area contributed by atoms with Crippen LogP contribution in [0.3, 0.4) is 0 Å². The minimum Gasteiger partial charge on any atom is -0.493 e. The van der Waals surface area contributed by atoms with Crippen molar-refractivity contribution < 1.29 is 19.0 Å². The molecule has 0 spiro atoms. The molecule has 0 saturated heterocycles. The highest BCUT2D eigenvalue weighted by Gasteiger charge is 2.17. The normalized spacial score (nSPS) is 10.0. The number of amides is 1. The fourth-order valence-corrected chi connectivity index (χ4v) is 2.70. The molecule has 1 amide bonds. The maximum atomic E-state index is 12.5. The molecule has 6 nitrogen and oxygen atoms in total. The van der Waals surface area contributed by atoms with Gasteiger partial charge >= 0.3 is 0 Å². The quantitative estimate of drug-likeness (QED) is 0.781. The van der Waals surface area contributed by atoms with E-state index in [0.717, 1.165) is 16.8 Å². The summed E-state index contributed by atoms with van der Waals surface area (Å²) in [6.07, 6.45) is 0. The zero-order valence-corrected chi connectivity index (χ0v) is 16.2. The van der Waals surface area contributed by atoms with Gasteiger partial charge in [0.15, 0.2) is 16.6 Å². The summed E-state index contributed by atoms with van der Waals surface area (Å²) in [7, 11) is 4.49. The first-order chi connectivity index (χ1) is 12.4. The number of ether oxygens (including phenoxy) is 3. The third kappa shape index (κ3) is 4.43. The Morgan fingerprint density at radius 2 is 1.58 bits per heavy atom. The second kappa shape index (κ2) is 8.53. The van der Waals surface area contributed by atoms with E-state index in [-0.39, 0.29) is 11.0 Å². The fraction of sp³-hybridized carbons (Fsp3) is 0.263. The maximum absolute atomic E-state index is 12.5. The second-order valence-electron chi connectivity index (χ2n) is 5.64. The molecule has 0 saturated carbocycles. The number of rotatable bonds is 5. The molecule has 2 N–H and O–H groups in total. The summed E-state index contributed by atoms with van der Waals surface area (Å²) in [5.74, 6) is 0.824. The standard InChI is InChI=1S/C19H22N2O4S/c1-11-6-7-14(12(2)8-11)20-19(26)21-18(22)13-9-15(23-3)17(25-5)16(10-13)24-4/h6-10H,1-5H3,(H2,20,21,22,26). The molecule has 2 aromatic carbocycles. The molecule has 138 valence electrons. The summed E-state index contributed by atoms with van der Waals surface area (Å²) in [4.78, 5) is 12.5. The van der Waals surface area contributed by atoms with Crippen LogP contribution in [0.15, 0.2) is 30.3 Å². The van der Waals surface area contributed by atoms with Crippen LogP contribution in [-0.2, 0) is 0 Å². The lowest BCUT2D eigenvalue weighted by atomic mass is 10.1. The fourth-order valence-electron chi connectivity index (χ4n) is 2.49. The third-order valence-electron chi connectivity index (χ3n) is 3.78. The van der Waals surface area contributed by atoms with Crippen LogP contribution in [-0.4, -0.2) is 32.3 Å². The van der Waals surface area contributed by atoms with Gasteiger partial charge in [-0.25, -0.2) is 0 Å². The van der Waals surface area contributed by atoms with Gasteiger partial charge in [0.05, 0.1) is 21.3 Å². The predicted molar refractivity (Wildman–Crippen MR) is 106 cm³/mol. The summed E-state index contributed by atoms with van der Waals surface area (Å²) < 4.78 is 15.8. The van der Waals surface area contributed by atoms with Gasteiger partial charge in [0.1, 0.15) is 0 Å². The summed E-state index contributed by atoms with van der Waals surface area (Å²) in [6, 6.07) is 9.06. The highest BCUT2D eigenvalue weighted by Crippen LogP contribution is 2.38. The number of aryl methyl sites for hydroxylation is 2. The Labute approximate surface area is 158 Å². The number of methoxy groups -OCH3 is 3. The van der Waals surface area contributed by atoms with E-state index in [1.165, 1.54) is 21.3 Å². The SMILES string of the molecule is COc1cc(C(=O)NC(=S)Nc2ccc(C)cc2C)cc(OC)c1OC. The van der Waals surface area contributed by atoms with E-state index in [9.17, 15) is 4.79 Å². The molecular weight excluding hydrogens is 352 g/mol. The Morgan fingerprint density at radius 3 is 2.08 bits per heavy atom. The van der Waals surface area contributed by atoms with Crippen molar-refractivity contribution >= 4 is 28.9 Å². The number of nitrogens with one attached hydrogen (secondary N) is 2. The predicted octanol–water partition coefficient (Wildman–Crippen LogP) is 3.46. The molecule has 0 unspecified atom stereocenters. The number of carbonyl (C=O) groups is 1. The third-order valence-corrected chi connectivity index (χ3v) is 3.99.